The van der Waals surface area contributed by atoms with Crippen LogP contribution in [-0.4, -0.2) is 20.3 Å². The minimum Gasteiger partial charge on any atom is -0.308 e. The molecule has 0 atom stereocenters. The zero-order valence-corrected chi connectivity index (χ0v) is 14.9. The number of hydrogen-bond acceptors (Lipinski definition) is 3. The Hall–Kier alpha value is -0.470. The van der Waals surface area contributed by atoms with Gasteiger partial charge in [0, 0.05) is 34.5 Å². The Bertz CT molecular complexity index is 574. The Balaban J connectivity index is 2.33. The summed E-state index contributed by atoms with van der Waals surface area (Å²) < 4.78 is 3.88. The maximum absolute atomic E-state index is 4.47. The van der Waals surface area contributed by atoms with Crippen molar-refractivity contribution in [1.29, 1.82) is 0 Å². The lowest BCUT2D eigenvalue weighted by molar-refractivity contribution is 0.423. The van der Waals surface area contributed by atoms with Crippen LogP contribution in [0.5, 0.6) is 0 Å². The average molecular weight is 435 g/mol. The van der Waals surface area contributed by atoms with Gasteiger partial charge in [-0.25, -0.2) is 9.67 Å². The summed E-state index contributed by atoms with van der Waals surface area (Å²) >= 11 is 5.72. The molecule has 2 aromatic heterocycles. The molecule has 0 bridgehead atoms. The molecule has 6 heteroatoms. The summed E-state index contributed by atoms with van der Waals surface area (Å²) in [7, 11) is 0. The monoisotopic (exact) mass is 434 g/mol. The second-order valence-electron chi connectivity index (χ2n) is 5.34. The van der Waals surface area contributed by atoms with E-state index in [-0.39, 0.29) is 5.54 Å². The van der Waals surface area contributed by atoms with Crippen LogP contribution in [0.1, 0.15) is 26.3 Å². The Labute approximate surface area is 135 Å². The van der Waals surface area contributed by atoms with Crippen molar-refractivity contribution in [3.8, 4) is 5.82 Å². The highest BCUT2D eigenvalue weighted by Gasteiger charge is 2.13. The van der Waals surface area contributed by atoms with Gasteiger partial charge in [-0.3, -0.25) is 0 Å². The Morgan fingerprint density at radius 3 is 2.68 bits per heavy atom. The number of rotatable bonds is 3. The fraction of sp³-hybridized carbons (Fsp3) is 0.385. The lowest BCUT2D eigenvalue weighted by Gasteiger charge is -2.21. The van der Waals surface area contributed by atoms with Gasteiger partial charge in [0.25, 0.3) is 0 Å². The van der Waals surface area contributed by atoms with E-state index in [1.807, 2.05) is 17.1 Å². The molecule has 102 valence electrons. The van der Waals surface area contributed by atoms with Crippen LogP contribution in [0.25, 0.3) is 5.82 Å². The molecule has 19 heavy (non-hydrogen) atoms. The number of aromatic nitrogens is 3. The first-order valence-electron chi connectivity index (χ1n) is 5.95. The van der Waals surface area contributed by atoms with Gasteiger partial charge in [0.15, 0.2) is 5.82 Å². The van der Waals surface area contributed by atoms with E-state index in [1.165, 1.54) is 0 Å². The van der Waals surface area contributed by atoms with Crippen molar-refractivity contribution in [2.45, 2.75) is 32.9 Å². The van der Waals surface area contributed by atoms with Crippen LogP contribution >= 0.6 is 38.5 Å². The molecule has 0 fully saturated rings. The van der Waals surface area contributed by atoms with Crippen LogP contribution in [0.3, 0.4) is 0 Å². The first-order valence-corrected chi connectivity index (χ1v) is 7.82. The van der Waals surface area contributed by atoms with Crippen molar-refractivity contribution in [2.24, 2.45) is 0 Å². The molecule has 0 aliphatic rings. The smallest absolute Gasteiger partial charge is 0.157 e. The van der Waals surface area contributed by atoms with Gasteiger partial charge in [-0.1, -0.05) is 0 Å². The van der Waals surface area contributed by atoms with Gasteiger partial charge < -0.3 is 5.32 Å². The highest BCUT2D eigenvalue weighted by atomic mass is 127. The molecule has 0 spiro atoms. The highest BCUT2D eigenvalue weighted by molar-refractivity contribution is 14.1. The van der Waals surface area contributed by atoms with Crippen molar-refractivity contribution in [3.63, 3.8) is 0 Å². The topological polar surface area (TPSA) is 42.7 Å². The number of nitrogens with zero attached hydrogens (tertiary/aromatic N) is 3. The van der Waals surface area contributed by atoms with Crippen molar-refractivity contribution in [1.82, 2.24) is 20.1 Å². The Morgan fingerprint density at radius 2 is 2.11 bits per heavy atom. The zero-order valence-electron chi connectivity index (χ0n) is 11.1. The van der Waals surface area contributed by atoms with Gasteiger partial charge in [0.05, 0.1) is 9.77 Å². The van der Waals surface area contributed by atoms with Crippen molar-refractivity contribution in [3.05, 3.63) is 38.3 Å². The largest absolute Gasteiger partial charge is 0.308 e. The molecule has 4 nitrogen and oxygen atoms in total. The molecule has 0 radical (unpaired) electrons. The maximum atomic E-state index is 4.47. The van der Waals surface area contributed by atoms with E-state index < -0.39 is 0 Å². The molecule has 0 unspecified atom stereocenters. The van der Waals surface area contributed by atoms with Crippen LogP contribution in [-0.2, 0) is 6.54 Å². The first-order chi connectivity index (χ1) is 8.85. The molecule has 2 rings (SSSR count). The van der Waals surface area contributed by atoms with Crippen molar-refractivity contribution >= 4 is 38.5 Å². The molecule has 0 aliphatic heterocycles. The normalized spacial score (nSPS) is 11.8. The van der Waals surface area contributed by atoms with Crippen LogP contribution in [0, 0.1) is 3.57 Å². The highest BCUT2D eigenvalue weighted by Crippen LogP contribution is 2.18. The molecule has 0 amide bonds. The van der Waals surface area contributed by atoms with Gasteiger partial charge >= 0.3 is 0 Å². The summed E-state index contributed by atoms with van der Waals surface area (Å²) in [5.74, 6) is 0.864. The van der Waals surface area contributed by atoms with Crippen LogP contribution < -0.4 is 5.32 Å². The zero-order chi connectivity index (χ0) is 14.0. The summed E-state index contributed by atoms with van der Waals surface area (Å²) in [5.41, 5.74) is 1.18. The van der Waals surface area contributed by atoms with Gasteiger partial charge in [0.1, 0.15) is 0 Å². The fourth-order valence-electron chi connectivity index (χ4n) is 1.59. The lowest BCUT2D eigenvalue weighted by Crippen LogP contribution is -2.35. The summed E-state index contributed by atoms with van der Waals surface area (Å²) in [6.45, 7) is 7.19. The molecule has 0 aromatic carbocycles. The lowest BCUT2D eigenvalue weighted by atomic mass is 10.1. The number of pyridine rings is 1. The number of halogens is 2. The first kappa shape index (κ1) is 14.9. The van der Waals surface area contributed by atoms with Crippen LogP contribution in [0.15, 0.2) is 29.1 Å². The van der Waals surface area contributed by atoms with E-state index in [0.29, 0.717) is 0 Å². The van der Waals surface area contributed by atoms with Gasteiger partial charge in [-0.15, -0.1) is 0 Å². The molecule has 2 aromatic rings. The SMILES string of the molecule is CC(C)(C)NCc1cc(Br)cnc1-n1cc(I)cn1. The van der Waals surface area contributed by atoms with E-state index >= 15 is 0 Å². The van der Waals surface area contributed by atoms with Crippen LogP contribution in [0.4, 0.5) is 0 Å². The van der Waals surface area contributed by atoms with E-state index in [2.05, 4.69) is 80.8 Å². The summed E-state index contributed by atoms with van der Waals surface area (Å²) in [5, 5.41) is 7.80. The predicted octanol–water partition coefficient (Wildman–Crippen LogP) is 3.52. The predicted molar refractivity (Wildman–Crippen MR) is 88.4 cm³/mol. The Kier molecular flexibility index (Phi) is 4.62. The quantitative estimate of drug-likeness (QED) is 0.751. The Morgan fingerprint density at radius 1 is 1.37 bits per heavy atom. The van der Waals surface area contributed by atoms with Crippen molar-refractivity contribution < 1.29 is 0 Å². The van der Waals surface area contributed by atoms with Crippen molar-refractivity contribution in [2.75, 3.05) is 0 Å². The standard InChI is InChI=1S/C13H16BrIN4/c1-13(2,3)17-5-9-4-10(14)6-16-12(9)19-8-11(15)7-18-19/h4,6-8,17H,5H2,1-3H3. The fourth-order valence-corrected chi connectivity index (χ4v) is 2.35. The summed E-state index contributed by atoms with van der Waals surface area (Å²) in [4.78, 5) is 4.47. The third kappa shape index (κ3) is 4.25. The molecule has 1 N–H and O–H groups in total. The van der Waals surface area contributed by atoms with E-state index in [4.69, 9.17) is 0 Å². The molecular weight excluding hydrogens is 419 g/mol. The summed E-state index contributed by atoms with van der Waals surface area (Å²) in [6, 6.07) is 2.08. The third-order valence-corrected chi connectivity index (χ3v) is 3.48. The van der Waals surface area contributed by atoms with Crippen LogP contribution in [0.2, 0.25) is 0 Å². The number of hydrogen-bond donors (Lipinski definition) is 1. The van der Waals surface area contributed by atoms with Gasteiger partial charge in [0.2, 0.25) is 0 Å². The molecule has 2 heterocycles. The second-order valence-corrected chi connectivity index (χ2v) is 7.50. The van der Waals surface area contributed by atoms with E-state index in [0.717, 1.165) is 26.0 Å². The van der Waals surface area contributed by atoms with Gasteiger partial charge in [-0.2, -0.15) is 5.10 Å². The minimum atomic E-state index is 0.0676. The maximum Gasteiger partial charge on any atom is 0.157 e. The van der Waals surface area contributed by atoms with Gasteiger partial charge in [-0.05, 0) is 65.4 Å². The second kappa shape index (κ2) is 5.88. The van der Waals surface area contributed by atoms with E-state index in [1.54, 1.807) is 6.20 Å². The summed E-state index contributed by atoms with van der Waals surface area (Å²) in [6.07, 6.45) is 5.59. The average Bonchev–Trinajstić information content (AvgIpc) is 2.72. The molecule has 0 aliphatic carbocycles. The third-order valence-electron chi connectivity index (χ3n) is 2.49. The van der Waals surface area contributed by atoms with E-state index in [9.17, 15) is 0 Å². The number of nitrogens with one attached hydrogen (secondary N) is 1. The molecular formula is C13H16BrIN4. The molecule has 0 saturated heterocycles. The molecule has 0 saturated carbocycles. The minimum absolute atomic E-state index is 0.0676.